The Kier molecular flexibility index (Phi) is 9.69. The van der Waals surface area contributed by atoms with Crippen LogP contribution in [0.25, 0.3) is 6.08 Å². The van der Waals surface area contributed by atoms with E-state index in [1.54, 1.807) is 25.3 Å². The molecule has 0 unspecified atom stereocenters. The summed E-state index contributed by atoms with van der Waals surface area (Å²) in [7, 11) is 1.59. The van der Waals surface area contributed by atoms with Gasteiger partial charge in [-0.3, -0.25) is 14.5 Å². The van der Waals surface area contributed by atoms with E-state index in [9.17, 15) is 9.59 Å². The van der Waals surface area contributed by atoms with Gasteiger partial charge in [0.15, 0.2) is 11.5 Å². The van der Waals surface area contributed by atoms with Crippen molar-refractivity contribution >= 4 is 51.3 Å². The Morgan fingerprint density at radius 1 is 1.21 bits per heavy atom. The van der Waals surface area contributed by atoms with E-state index < -0.39 is 0 Å². The lowest BCUT2D eigenvalue weighted by Gasteiger charge is -2.30. The van der Waals surface area contributed by atoms with E-state index in [-0.39, 0.29) is 24.1 Å². The van der Waals surface area contributed by atoms with Gasteiger partial charge >= 0.3 is 0 Å². The molecule has 176 valence electrons. The molecule has 0 aliphatic carbocycles. The van der Waals surface area contributed by atoms with Crippen LogP contribution in [0.5, 0.6) is 11.5 Å². The highest BCUT2D eigenvalue weighted by molar-refractivity contribution is 9.10. The van der Waals surface area contributed by atoms with Crippen LogP contribution in [0.1, 0.15) is 31.7 Å². The number of carbonyl (C=O) groups excluding carboxylic acids is 2. The molecule has 6 nitrogen and oxygen atoms in total. The summed E-state index contributed by atoms with van der Waals surface area (Å²) in [4.78, 5) is 27.3. The number of amides is 2. The number of anilines is 1. The third kappa shape index (κ3) is 7.01. The molecule has 0 saturated carbocycles. The first kappa shape index (κ1) is 25.2. The van der Waals surface area contributed by atoms with E-state index >= 15 is 0 Å². The zero-order chi connectivity index (χ0) is 23.6. The van der Waals surface area contributed by atoms with Gasteiger partial charge in [-0.2, -0.15) is 11.8 Å². The molecule has 0 saturated heterocycles. The zero-order valence-corrected chi connectivity index (χ0v) is 21.3. The van der Waals surface area contributed by atoms with Crippen LogP contribution in [-0.2, 0) is 9.59 Å². The van der Waals surface area contributed by atoms with Gasteiger partial charge in [0, 0.05) is 6.54 Å². The SMILES string of the molecule is CCCCSCCCNC(=O)CN1C(=O)/C(=C/c2ccc(OC)c(Br)c2)Oc2ccccc21. The van der Waals surface area contributed by atoms with Crippen LogP contribution in [0.4, 0.5) is 5.69 Å². The fraction of sp³-hybridized carbons (Fsp3) is 0.360. The second kappa shape index (κ2) is 12.7. The largest absolute Gasteiger partial charge is 0.496 e. The number of methoxy groups -OCH3 is 1. The molecule has 1 heterocycles. The molecular weight excluding hydrogens is 504 g/mol. The fourth-order valence-corrected chi connectivity index (χ4v) is 4.90. The molecule has 0 fully saturated rings. The topological polar surface area (TPSA) is 67.9 Å². The highest BCUT2D eigenvalue weighted by Gasteiger charge is 2.31. The number of benzene rings is 2. The van der Waals surface area contributed by atoms with Crippen LogP contribution in [0, 0.1) is 0 Å². The molecule has 0 aromatic heterocycles. The number of ether oxygens (including phenoxy) is 2. The summed E-state index contributed by atoms with van der Waals surface area (Å²) in [5.41, 5.74) is 1.36. The maximum Gasteiger partial charge on any atom is 0.294 e. The maximum absolute atomic E-state index is 13.2. The van der Waals surface area contributed by atoms with E-state index in [0.717, 1.165) is 28.0 Å². The molecule has 2 aromatic rings. The summed E-state index contributed by atoms with van der Waals surface area (Å²) in [6.45, 7) is 2.72. The standard InChI is InChI=1S/C25H29BrN2O4S/c1-3-4-13-33-14-7-12-27-24(29)17-28-20-8-5-6-9-22(20)32-23(25(28)30)16-18-10-11-21(31-2)19(26)15-18/h5-6,8-11,15-16H,3-4,7,12-14,17H2,1-2H3,(H,27,29)/b23-16-. The second-order valence-corrected chi connectivity index (χ2v) is 9.61. The van der Waals surface area contributed by atoms with E-state index in [4.69, 9.17) is 9.47 Å². The van der Waals surface area contributed by atoms with Crippen molar-refractivity contribution in [3.05, 3.63) is 58.3 Å². The number of hydrogen-bond acceptors (Lipinski definition) is 5. The molecule has 1 aliphatic rings. The number of nitrogens with one attached hydrogen (secondary N) is 1. The quantitative estimate of drug-likeness (QED) is 0.315. The molecule has 1 N–H and O–H groups in total. The second-order valence-electron chi connectivity index (χ2n) is 7.53. The number of unbranched alkanes of at least 4 members (excludes halogenated alkanes) is 1. The Hall–Kier alpha value is -2.45. The molecular formula is C25H29BrN2O4S. The summed E-state index contributed by atoms with van der Waals surface area (Å²) in [5.74, 6) is 3.02. The van der Waals surface area contributed by atoms with Crippen molar-refractivity contribution in [2.45, 2.75) is 26.2 Å². The van der Waals surface area contributed by atoms with Crippen LogP contribution >= 0.6 is 27.7 Å². The number of rotatable bonds is 11. The third-order valence-corrected chi connectivity index (χ3v) is 6.81. The molecule has 33 heavy (non-hydrogen) atoms. The van der Waals surface area contributed by atoms with Crippen molar-refractivity contribution in [3.63, 3.8) is 0 Å². The molecule has 2 amide bonds. The number of hydrogen-bond donors (Lipinski definition) is 1. The Labute approximate surface area is 207 Å². The molecule has 0 spiro atoms. The minimum Gasteiger partial charge on any atom is -0.496 e. The van der Waals surface area contributed by atoms with Crippen molar-refractivity contribution in [1.29, 1.82) is 0 Å². The average Bonchev–Trinajstić information content (AvgIpc) is 2.81. The number of carbonyl (C=O) groups is 2. The van der Waals surface area contributed by atoms with Gasteiger partial charge < -0.3 is 14.8 Å². The van der Waals surface area contributed by atoms with Crippen LogP contribution < -0.4 is 19.7 Å². The van der Waals surface area contributed by atoms with Crippen LogP contribution in [0.15, 0.2) is 52.7 Å². The Bertz CT molecular complexity index is 1010. The van der Waals surface area contributed by atoms with Gasteiger partial charge in [0.05, 0.1) is 17.3 Å². The smallest absolute Gasteiger partial charge is 0.294 e. The lowest BCUT2D eigenvalue weighted by Crippen LogP contribution is -2.44. The first-order chi connectivity index (χ1) is 16.0. The van der Waals surface area contributed by atoms with Crippen LogP contribution in [0.2, 0.25) is 0 Å². The Balaban J connectivity index is 1.68. The summed E-state index contributed by atoms with van der Waals surface area (Å²) in [6.07, 6.45) is 5.00. The van der Waals surface area contributed by atoms with Crippen LogP contribution in [0.3, 0.4) is 0 Å². The number of thioether (sulfide) groups is 1. The van der Waals surface area contributed by atoms with Crippen molar-refractivity contribution in [2.24, 2.45) is 0 Å². The summed E-state index contributed by atoms with van der Waals surface area (Å²) in [6, 6.07) is 12.7. The normalized spacial score (nSPS) is 14.1. The monoisotopic (exact) mass is 532 g/mol. The number of nitrogens with zero attached hydrogens (tertiary/aromatic N) is 1. The lowest BCUT2D eigenvalue weighted by atomic mass is 10.1. The van der Waals surface area contributed by atoms with Crippen LogP contribution in [-0.4, -0.2) is 43.5 Å². The predicted octanol–water partition coefficient (Wildman–Crippen LogP) is 5.26. The Morgan fingerprint density at radius 3 is 2.76 bits per heavy atom. The Morgan fingerprint density at radius 2 is 2.00 bits per heavy atom. The summed E-state index contributed by atoms with van der Waals surface area (Å²) in [5, 5.41) is 2.93. The first-order valence-corrected chi connectivity index (χ1v) is 13.0. The van der Waals surface area contributed by atoms with Gasteiger partial charge in [-0.25, -0.2) is 0 Å². The van der Waals surface area contributed by atoms with E-state index in [1.807, 2.05) is 42.1 Å². The minimum absolute atomic E-state index is 0.0637. The van der Waals surface area contributed by atoms with Crippen molar-refractivity contribution < 1.29 is 19.1 Å². The third-order valence-electron chi connectivity index (χ3n) is 5.04. The summed E-state index contributed by atoms with van der Waals surface area (Å²) >= 11 is 5.37. The zero-order valence-electron chi connectivity index (χ0n) is 18.9. The number of para-hydroxylation sites is 2. The first-order valence-electron chi connectivity index (χ1n) is 11.0. The van der Waals surface area contributed by atoms with Gasteiger partial charge in [-0.15, -0.1) is 0 Å². The number of halogens is 1. The van der Waals surface area contributed by atoms with E-state index in [1.165, 1.54) is 17.7 Å². The highest BCUT2D eigenvalue weighted by Crippen LogP contribution is 2.36. The maximum atomic E-state index is 13.2. The van der Waals surface area contributed by atoms with Gasteiger partial charge in [-0.1, -0.05) is 31.5 Å². The highest BCUT2D eigenvalue weighted by atomic mass is 79.9. The molecule has 0 atom stereocenters. The molecule has 0 radical (unpaired) electrons. The van der Waals surface area contributed by atoms with Crippen molar-refractivity contribution in [1.82, 2.24) is 5.32 Å². The van der Waals surface area contributed by atoms with E-state index in [2.05, 4.69) is 28.2 Å². The predicted molar refractivity (Wildman–Crippen MR) is 138 cm³/mol. The van der Waals surface area contributed by atoms with Gasteiger partial charge in [-0.05, 0) is 76.2 Å². The lowest BCUT2D eigenvalue weighted by molar-refractivity contribution is -0.123. The van der Waals surface area contributed by atoms with Crippen molar-refractivity contribution in [2.75, 3.05) is 36.6 Å². The molecule has 1 aliphatic heterocycles. The van der Waals surface area contributed by atoms with Gasteiger partial charge in [0.1, 0.15) is 12.3 Å². The van der Waals surface area contributed by atoms with Gasteiger partial charge in [0.25, 0.3) is 5.91 Å². The molecule has 8 heteroatoms. The fourth-order valence-electron chi connectivity index (χ4n) is 3.29. The summed E-state index contributed by atoms with van der Waals surface area (Å²) < 4.78 is 11.9. The molecule has 3 rings (SSSR count). The van der Waals surface area contributed by atoms with Gasteiger partial charge in [0.2, 0.25) is 5.91 Å². The molecule has 0 bridgehead atoms. The average molecular weight is 533 g/mol. The number of fused-ring (bicyclic) bond motifs is 1. The minimum atomic E-state index is -0.356. The molecule has 2 aromatic carbocycles. The van der Waals surface area contributed by atoms with E-state index in [0.29, 0.717) is 23.7 Å². The van der Waals surface area contributed by atoms with Crippen molar-refractivity contribution in [3.8, 4) is 11.5 Å².